The lowest BCUT2D eigenvalue weighted by atomic mass is 10.2. The summed E-state index contributed by atoms with van der Waals surface area (Å²) in [5.41, 5.74) is 7.37. The molecule has 0 fully saturated rings. The molecular formula is C11H18ClN3. The third-order valence-corrected chi connectivity index (χ3v) is 2.61. The fraction of sp³-hybridized carbons (Fsp3) is 0.455. The zero-order chi connectivity index (χ0) is 11.3. The Balaban J connectivity index is 2.61. The molecule has 0 aliphatic rings. The Bertz CT molecular complexity index is 315. The molecule has 0 spiro atoms. The second-order valence-electron chi connectivity index (χ2n) is 3.59. The standard InChI is InChI=1S/C11H18ClN3/c1-14-6-3-7-15(2)11-5-4-9(13)8-10(11)12/h4-5,8,14H,3,6-7,13H2,1-2H3. The van der Waals surface area contributed by atoms with Crippen molar-refractivity contribution in [1.29, 1.82) is 0 Å². The maximum absolute atomic E-state index is 6.10. The van der Waals surface area contributed by atoms with Gasteiger partial charge in [-0.25, -0.2) is 0 Å². The summed E-state index contributed by atoms with van der Waals surface area (Å²) in [6.07, 6.45) is 1.09. The molecule has 84 valence electrons. The van der Waals surface area contributed by atoms with E-state index in [1.807, 2.05) is 26.2 Å². The lowest BCUT2D eigenvalue weighted by Crippen LogP contribution is -2.22. The summed E-state index contributed by atoms with van der Waals surface area (Å²) in [6, 6.07) is 5.61. The van der Waals surface area contributed by atoms with Crippen LogP contribution in [0.3, 0.4) is 0 Å². The van der Waals surface area contributed by atoms with Crippen molar-refractivity contribution in [2.45, 2.75) is 6.42 Å². The number of hydrogen-bond acceptors (Lipinski definition) is 3. The smallest absolute Gasteiger partial charge is 0.0659 e. The minimum atomic E-state index is 0.701. The molecule has 1 aromatic rings. The molecule has 0 aliphatic heterocycles. The van der Waals surface area contributed by atoms with Gasteiger partial charge in [0.05, 0.1) is 10.7 Å². The molecule has 1 aromatic carbocycles. The molecule has 4 heteroatoms. The maximum Gasteiger partial charge on any atom is 0.0659 e. The van der Waals surface area contributed by atoms with E-state index in [9.17, 15) is 0 Å². The number of nitrogens with zero attached hydrogens (tertiary/aromatic N) is 1. The molecule has 0 aromatic heterocycles. The minimum absolute atomic E-state index is 0.701. The van der Waals surface area contributed by atoms with Gasteiger partial charge in [0.25, 0.3) is 0 Å². The van der Waals surface area contributed by atoms with Crippen molar-refractivity contribution < 1.29 is 0 Å². The fourth-order valence-electron chi connectivity index (χ4n) is 1.45. The number of hydrogen-bond donors (Lipinski definition) is 2. The van der Waals surface area contributed by atoms with E-state index < -0.39 is 0 Å². The van der Waals surface area contributed by atoms with Gasteiger partial charge in [0.2, 0.25) is 0 Å². The average Bonchev–Trinajstić information content (AvgIpc) is 2.17. The SMILES string of the molecule is CNCCCN(C)c1ccc(N)cc1Cl. The molecule has 15 heavy (non-hydrogen) atoms. The zero-order valence-electron chi connectivity index (χ0n) is 9.26. The highest BCUT2D eigenvalue weighted by Crippen LogP contribution is 2.26. The molecule has 3 N–H and O–H groups in total. The largest absolute Gasteiger partial charge is 0.399 e. The van der Waals surface area contributed by atoms with Crippen LogP contribution in [0.5, 0.6) is 0 Å². The average molecular weight is 228 g/mol. The van der Waals surface area contributed by atoms with Gasteiger partial charge in [-0.15, -0.1) is 0 Å². The highest BCUT2D eigenvalue weighted by molar-refractivity contribution is 6.33. The van der Waals surface area contributed by atoms with Gasteiger partial charge in [0.15, 0.2) is 0 Å². The predicted octanol–water partition coefficient (Wildman–Crippen LogP) is 1.97. The highest BCUT2D eigenvalue weighted by Gasteiger charge is 2.05. The Morgan fingerprint density at radius 2 is 2.20 bits per heavy atom. The first-order valence-electron chi connectivity index (χ1n) is 5.06. The van der Waals surface area contributed by atoms with Crippen molar-refractivity contribution in [2.75, 3.05) is 37.8 Å². The number of nitrogens with two attached hydrogens (primary N) is 1. The van der Waals surface area contributed by atoms with Crippen LogP contribution in [0.2, 0.25) is 5.02 Å². The van der Waals surface area contributed by atoms with E-state index in [1.165, 1.54) is 0 Å². The molecule has 0 saturated carbocycles. The predicted molar refractivity (Wildman–Crippen MR) is 67.7 cm³/mol. The molecule has 0 saturated heterocycles. The van der Waals surface area contributed by atoms with Crippen molar-refractivity contribution >= 4 is 23.0 Å². The topological polar surface area (TPSA) is 41.3 Å². The highest BCUT2D eigenvalue weighted by atomic mass is 35.5. The summed E-state index contributed by atoms with van der Waals surface area (Å²) in [6.45, 7) is 1.99. The van der Waals surface area contributed by atoms with Crippen LogP contribution in [0, 0.1) is 0 Å². The van der Waals surface area contributed by atoms with E-state index in [1.54, 1.807) is 6.07 Å². The molecule has 0 unspecified atom stereocenters. The number of rotatable bonds is 5. The van der Waals surface area contributed by atoms with E-state index in [-0.39, 0.29) is 0 Å². The summed E-state index contributed by atoms with van der Waals surface area (Å²) in [5, 5.41) is 3.83. The van der Waals surface area contributed by atoms with Crippen molar-refractivity contribution in [3.05, 3.63) is 23.2 Å². The lowest BCUT2D eigenvalue weighted by molar-refractivity contribution is 0.713. The van der Waals surface area contributed by atoms with Crippen molar-refractivity contribution in [3.8, 4) is 0 Å². The number of anilines is 2. The monoisotopic (exact) mass is 227 g/mol. The first-order valence-corrected chi connectivity index (χ1v) is 5.43. The lowest BCUT2D eigenvalue weighted by Gasteiger charge is -2.20. The van der Waals surface area contributed by atoms with Crippen LogP contribution in [0.1, 0.15) is 6.42 Å². The molecule has 0 atom stereocenters. The van der Waals surface area contributed by atoms with Gasteiger partial charge in [-0.2, -0.15) is 0 Å². The molecular weight excluding hydrogens is 210 g/mol. The van der Waals surface area contributed by atoms with Crippen LogP contribution in [0.25, 0.3) is 0 Å². The zero-order valence-corrected chi connectivity index (χ0v) is 10.0. The Morgan fingerprint density at radius 1 is 1.47 bits per heavy atom. The van der Waals surface area contributed by atoms with Gasteiger partial charge in [-0.3, -0.25) is 0 Å². The summed E-state index contributed by atoms with van der Waals surface area (Å²) >= 11 is 6.10. The van der Waals surface area contributed by atoms with Gasteiger partial charge >= 0.3 is 0 Å². The summed E-state index contributed by atoms with van der Waals surface area (Å²) in [5.74, 6) is 0. The first-order chi connectivity index (χ1) is 7.15. The molecule has 1 rings (SSSR count). The summed E-state index contributed by atoms with van der Waals surface area (Å²) in [7, 11) is 3.99. The van der Waals surface area contributed by atoms with Gasteiger partial charge in [0, 0.05) is 19.3 Å². The normalized spacial score (nSPS) is 10.3. The maximum atomic E-state index is 6.10. The van der Waals surface area contributed by atoms with E-state index in [2.05, 4.69) is 10.2 Å². The number of benzene rings is 1. The molecule has 3 nitrogen and oxygen atoms in total. The number of nitrogens with one attached hydrogen (secondary N) is 1. The van der Waals surface area contributed by atoms with E-state index in [0.717, 1.165) is 25.2 Å². The minimum Gasteiger partial charge on any atom is -0.399 e. The van der Waals surface area contributed by atoms with Crippen LogP contribution in [-0.2, 0) is 0 Å². The molecule has 0 radical (unpaired) electrons. The third kappa shape index (κ3) is 3.61. The van der Waals surface area contributed by atoms with Crippen LogP contribution >= 0.6 is 11.6 Å². The second kappa shape index (κ2) is 5.83. The molecule has 0 aliphatic carbocycles. The Kier molecular flexibility index (Phi) is 4.72. The van der Waals surface area contributed by atoms with Crippen LogP contribution in [0.4, 0.5) is 11.4 Å². The second-order valence-corrected chi connectivity index (χ2v) is 4.00. The Labute approximate surface area is 96.2 Å². The molecule has 0 bridgehead atoms. The van der Waals surface area contributed by atoms with Gasteiger partial charge < -0.3 is 16.0 Å². The van der Waals surface area contributed by atoms with Gasteiger partial charge in [0.1, 0.15) is 0 Å². The van der Waals surface area contributed by atoms with Crippen LogP contribution < -0.4 is 16.0 Å². The quantitative estimate of drug-likeness (QED) is 0.597. The fourth-order valence-corrected chi connectivity index (χ4v) is 1.78. The van der Waals surface area contributed by atoms with E-state index in [0.29, 0.717) is 10.7 Å². The van der Waals surface area contributed by atoms with Crippen molar-refractivity contribution in [1.82, 2.24) is 5.32 Å². The van der Waals surface area contributed by atoms with Crippen LogP contribution in [0.15, 0.2) is 18.2 Å². The summed E-state index contributed by atoms with van der Waals surface area (Å²) in [4.78, 5) is 2.14. The van der Waals surface area contributed by atoms with Crippen molar-refractivity contribution in [2.24, 2.45) is 0 Å². The Hall–Kier alpha value is -0.930. The Morgan fingerprint density at radius 3 is 2.80 bits per heavy atom. The molecule has 0 amide bonds. The summed E-state index contributed by atoms with van der Waals surface area (Å²) < 4.78 is 0. The number of halogens is 1. The third-order valence-electron chi connectivity index (χ3n) is 2.30. The van der Waals surface area contributed by atoms with Gasteiger partial charge in [-0.1, -0.05) is 11.6 Å². The first kappa shape index (κ1) is 12.1. The van der Waals surface area contributed by atoms with Crippen LogP contribution in [-0.4, -0.2) is 27.2 Å². The molecule has 0 heterocycles. The van der Waals surface area contributed by atoms with E-state index in [4.69, 9.17) is 17.3 Å². The number of nitrogen functional groups attached to an aromatic ring is 1. The van der Waals surface area contributed by atoms with E-state index >= 15 is 0 Å². The van der Waals surface area contributed by atoms with Gasteiger partial charge in [-0.05, 0) is 38.2 Å². The van der Waals surface area contributed by atoms with Crippen molar-refractivity contribution in [3.63, 3.8) is 0 Å².